The Balaban J connectivity index is 2.45. The van der Waals surface area contributed by atoms with Crippen molar-refractivity contribution in [2.24, 2.45) is 0 Å². The van der Waals surface area contributed by atoms with E-state index in [4.69, 9.17) is 0 Å². The number of carbonyl (C=O) groups excluding carboxylic acids is 1. The second-order valence-electron chi connectivity index (χ2n) is 3.10. The van der Waals surface area contributed by atoms with Crippen molar-refractivity contribution in [3.63, 3.8) is 0 Å². The van der Waals surface area contributed by atoms with Gasteiger partial charge in [0.2, 0.25) is 0 Å². The van der Waals surface area contributed by atoms with Crippen molar-refractivity contribution in [3.05, 3.63) is 29.3 Å². The summed E-state index contributed by atoms with van der Waals surface area (Å²) in [5.74, 6) is 0.143. The molecule has 0 atom stereocenters. The van der Waals surface area contributed by atoms with Crippen molar-refractivity contribution < 1.29 is 4.79 Å². The lowest BCUT2D eigenvalue weighted by Gasteiger charge is -2.00. The van der Waals surface area contributed by atoms with Crippen molar-refractivity contribution in [1.29, 1.82) is 0 Å². The van der Waals surface area contributed by atoms with Gasteiger partial charge in [-0.2, -0.15) is 0 Å². The molecule has 0 unspecified atom stereocenters. The number of carbonyl (C=O) groups is 1. The van der Waals surface area contributed by atoms with Gasteiger partial charge in [0.15, 0.2) is 5.78 Å². The van der Waals surface area contributed by atoms with Gasteiger partial charge in [0.05, 0.1) is 0 Å². The summed E-state index contributed by atoms with van der Waals surface area (Å²) in [6.45, 7) is 2.60. The zero-order valence-corrected chi connectivity index (χ0v) is 7.05. The second kappa shape index (κ2) is 2.63. The summed E-state index contributed by atoms with van der Waals surface area (Å²) >= 11 is 0. The molecule has 12 heavy (non-hydrogen) atoms. The van der Waals surface area contributed by atoms with E-state index in [0.717, 1.165) is 18.5 Å². The van der Waals surface area contributed by atoms with Crippen molar-refractivity contribution in [1.82, 2.24) is 0 Å². The van der Waals surface area contributed by atoms with E-state index in [-0.39, 0.29) is 5.78 Å². The molecule has 0 saturated heterocycles. The van der Waals surface area contributed by atoms with Crippen LogP contribution in [0.25, 0.3) is 0 Å². The minimum Gasteiger partial charge on any atom is -0.384 e. The lowest BCUT2D eigenvalue weighted by molar-refractivity contribution is 0.101. The van der Waals surface area contributed by atoms with E-state index in [1.807, 2.05) is 18.2 Å². The average Bonchev–Trinajstić information content (AvgIpc) is 2.49. The van der Waals surface area contributed by atoms with Gasteiger partial charge in [-0.1, -0.05) is 0 Å². The first-order chi connectivity index (χ1) is 5.77. The van der Waals surface area contributed by atoms with E-state index in [1.54, 1.807) is 6.92 Å². The zero-order valence-electron chi connectivity index (χ0n) is 7.05. The number of benzene rings is 1. The Kier molecular flexibility index (Phi) is 1.61. The third-order valence-corrected chi connectivity index (χ3v) is 2.22. The van der Waals surface area contributed by atoms with Gasteiger partial charge in [-0.3, -0.25) is 4.79 Å². The number of Topliss-reactive ketones (excluding diaryl/α,β-unsaturated/α-hetero) is 1. The topological polar surface area (TPSA) is 29.1 Å². The van der Waals surface area contributed by atoms with Gasteiger partial charge in [-0.05, 0) is 37.1 Å². The van der Waals surface area contributed by atoms with E-state index in [0.29, 0.717) is 0 Å². The predicted octanol–water partition coefficient (Wildman–Crippen LogP) is 1.86. The predicted molar refractivity (Wildman–Crippen MR) is 48.6 cm³/mol. The van der Waals surface area contributed by atoms with Crippen LogP contribution in [0.1, 0.15) is 22.8 Å². The number of hydrogen-bond acceptors (Lipinski definition) is 2. The molecule has 0 aliphatic carbocycles. The van der Waals surface area contributed by atoms with Crippen LogP contribution in [0.4, 0.5) is 5.69 Å². The number of nitrogens with one attached hydrogen (secondary N) is 1. The molecule has 2 rings (SSSR count). The summed E-state index contributed by atoms with van der Waals surface area (Å²) < 4.78 is 0. The molecule has 1 aromatic carbocycles. The number of anilines is 1. The molecule has 0 saturated carbocycles. The molecule has 2 nitrogen and oxygen atoms in total. The van der Waals surface area contributed by atoms with Crippen LogP contribution in [-0.4, -0.2) is 12.3 Å². The maximum Gasteiger partial charge on any atom is 0.159 e. The molecule has 0 aromatic heterocycles. The van der Waals surface area contributed by atoms with Gasteiger partial charge >= 0.3 is 0 Å². The van der Waals surface area contributed by atoms with Crippen LogP contribution in [-0.2, 0) is 6.42 Å². The molecule has 0 radical (unpaired) electrons. The smallest absolute Gasteiger partial charge is 0.159 e. The molecule has 0 spiro atoms. The molecule has 1 aliphatic rings. The van der Waals surface area contributed by atoms with Crippen LogP contribution in [0.5, 0.6) is 0 Å². The van der Waals surface area contributed by atoms with E-state index >= 15 is 0 Å². The molecular formula is C10H11NO. The largest absolute Gasteiger partial charge is 0.384 e. The third kappa shape index (κ3) is 1.09. The fraction of sp³-hybridized carbons (Fsp3) is 0.300. The summed E-state index contributed by atoms with van der Waals surface area (Å²) in [4.78, 5) is 11.0. The highest BCUT2D eigenvalue weighted by Gasteiger charge is 2.10. The third-order valence-electron chi connectivity index (χ3n) is 2.22. The van der Waals surface area contributed by atoms with E-state index in [9.17, 15) is 4.79 Å². The minimum absolute atomic E-state index is 0.143. The maximum atomic E-state index is 11.0. The summed E-state index contributed by atoms with van der Waals surface area (Å²) in [6.07, 6.45) is 1.04. The van der Waals surface area contributed by atoms with Crippen LogP contribution in [0.15, 0.2) is 18.2 Å². The highest BCUT2D eigenvalue weighted by atomic mass is 16.1. The molecule has 0 fully saturated rings. The number of hydrogen-bond donors (Lipinski definition) is 1. The van der Waals surface area contributed by atoms with E-state index < -0.39 is 0 Å². The van der Waals surface area contributed by atoms with E-state index in [1.165, 1.54) is 11.3 Å². The SMILES string of the molecule is CC(=O)c1ccc2c(c1)CCN2. The van der Waals surface area contributed by atoms with Gasteiger partial charge in [-0.15, -0.1) is 0 Å². The van der Waals surface area contributed by atoms with Crippen molar-refractivity contribution in [2.75, 3.05) is 11.9 Å². The van der Waals surface area contributed by atoms with Gasteiger partial charge in [-0.25, -0.2) is 0 Å². The van der Waals surface area contributed by atoms with Gasteiger partial charge in [0.25, 0.3) is 0 Å². The molecular weight excluding hydrogens is 150 g/mol. The van der Waals surface area contributed by atoms with Crippen molar-refractivity contribution >= 4 is 11.5 Å². The first-order valence-electron chi connectivity index (χ1n) is 4.15. The molecule has 62 valence electrons. The number of fused-ring (bicyclic) bond motifs is 1. The number of rotatable bonds is 1. The number of ketones is 1. The first kappa shape index (κ1) is 7.35. The molecule has 1 aliphatic heterocycles. The Labute approximate surface area is 71.6 Å². The molecule has 0 amide bonds. The summed E-state index contributed by atoms with van der Waals surface area (Å²) in [7, 11) is 0. The highest BCUT2D eigenvalue weighted by molar-refractivity contribution is 5.94. The van der Waals surface area contributed by atoms with Gasteiger partial charge < -0.3 is 5.32 Å². The average molecular weight is 161 g/mol. The Morgan fingerprint density at radius 2 is 2.33 bits per heavy atom. The normalized spacial score (nSPS) is 13.8. The monoisotopic (exact) mass is 161 g/mol. The first-order valence-corrected chi connectivity index (χ1v) is 4.15. The highest BCUT2D eigenvalue weighted by Crippen LogP contribution is 2.22. The second-order valence-corrected chi connectivity index (χ2v) is 3.10. The van der Waals surface area contributed by atoms with Crippen LogP contribution in [0.2, 0.25) is 0 Å². The Bertz CT molecular complexity index is 331. The Hall–Kier alpha value is -1.31. The Morgan fingerprint density at radius 1 is 1.50 bits per heavy atom. The fourth-order valence-corrected chi connectivity index (χ4v) is 1.52. The standard InChI is InChI=1S/C10H11NO/c1-7(12)8-2-3-10-9(6-8)4-5-11-10/h2-3,6,11H,4-5H2,1H3. The van der Waals surface area contributed by atoms with Crippen LogP contribution < -0.4 is 5.32 Å². The van der Waals surface area contributed by atoms with Crippen molar-refractivity contribution in [3.8, 4) is 0 Å². The maximum absolute atomic E-state index is 11.0. The van der Waals surface area contributed by atoms with Gasteiger partial charge in [0.1, 0.15) is 0 Å². The quantitative estimate of drug-likeness (QED) is 0.637. The molecule has 0 bridgehead atoms. The van der Waals surface area contributed by atoms with Gasteiger partial charge in [0, 0.05) is 17.8 Å². The Morgan fingerprint density at radius 3 is 3.08 bits per heavy atom. The van der Waals surface area contributed by atoms with E-state index in [2.05, 4.69) is 5.32 Å². The lowest BCUT2D eigenvalue weighted by atomic mass is 10.1. The molecule has 1 N–H and O–H groups in total. The van der Waals surface area contributed by atoms with Crippen LogP contribution in [0.3, 0.4) is 0 Å². The van der Waals surface area contributed by atoms with Crippen LogP contribution >= 0.6 is 0 Å². The van der Waals surface area contributed by atoms with Crippen molar-refractivity contribution in [2.45, 2.75) is 13.3 Å². The van der Waals surface area contributed by atoms with Crippen LogP contribution in [0, 0.1) is 0 Å². The molecule has 1 heterocycles. The summed E-state index contributed by atoms with van der Waals surface area (Å²) in [5.41, 5.74) is 3.26. The fourth-order valence-electron chi connectivity index (χ4n) is 1.52. The molecule has 1 aromatic rings. The molecule has 2 heteroatoms. The zero-order chi connectivity index (χ0) is 8.55. The summed E-state index contributed by atoms with van der Waals surface area (Å²) in [6, 6.07) is 5.84. The summed E-state index contributed by atoms with van der Waals surface area (Å²) in [5, 5.41) is 3.25. The lowest BCUT2D eigenvalue weighted by Crippen LogP contribution is -1.92. The minimum atomic E-state index is 0.143.